The zero-order valence-corrected chi connectivity index (χ0v) is 25.4. The van der Waals surface area contributed by atoms with Gasteiger partial charge in [0.2, 0.25) is 0 Å². The number of aromatic nitrogens is 1. The summed E-state index contributed by atoms with van der Waals surface area (Å²) in [6, 6.07) is 59.3. The predicted molar refractivity (Wildman–Crippen MR) is 190 cm³/mol. The van der Waals surface area contributed by atoms with Gasteiger partial charge in [0.15, 0.2) is 7.14 Å². The molecule has 45 heavy (non-hydrogen) atoms. The first-order valence-corrected chi connectivity index (χ1v) is 17.0. The minimum Gasteiger partial charge on any atom is -0.309 e. The minimum absolute atomic E-state index is 0.873. The third-order valence-electron chi connectivity index (χ3n) is 9.17. The van der Waals surface area contributed by atoms with Crippen molar-refractivity contribution in [3.63, 3.8) is 0 Å². The summed E-state index contributed by atoms with van der Waals surface area (Å²) in [6.45, 7) is 0. The van der Waals surface area contributed by atoms with E-state index in [0.717, 1.165) is 65.7 Å². The second-order valence-electron chi connectivity index (χ2n) is 11.7. The van der Waals surface area contributed by atoms with Gasteiger partial charge in [0.25, 0.3) is 0 Å². The van der Waals surface area contributed by atoms with E-state index in [9.17, 15) is 0 Å². The summed E-state index contributed by atoms with van der Waals surface area (Å²) in [7, 11) is -3.16. The van der Waals surface area contributed by atoms with Crippen LogP contribution in [0, 0.1) is 0 Å². The largest absolute Gasteiger partial charge is 0.309 e. The first-order chi connectivity index (χ1) is 22.2. The van der Waals surface area contributed by atoms with E-state index in [2.05, 4.69) is 138 Å². The van der Waals surface area contributed by atoms with Gasteiger partial charge < -0.3 is 9.13 Å². The van der Waals surface area contributed by atoms with Crippen LogP contribution >= 0.6 is 7.14 Å². The topological polar surface area (TPSA) is 22.0 Å². The van der Waals surface area contributed by atoms with Crippen molar-refractivity contribution in [2.45, 2.75) is 0 Å². The highest BCUT2D eigenvalue weighted by Crippen LogP contribution is 2.55. The molecule has 0 amide bonds. The molecular formula is C42H28NOP. The molecule has 0 spiro atoms. The summed E-state index contributed by atoms with van der Waals surface area (Å²) in [6.07, 6.45) is 0. The zero-order chi connectivity index (χ0) is 30.0. The van der Waals surface area contributed by atoms with Crippen molar-refractivity contribution in [3.8, 4) is 39.1 Å². The molecule has 0 saturated carbocycles. The molecule has 7 aromatic carbocycles. The van der Waals surface area contributed by atoms with E-state index in [1.54, 1.807) is 0 Å². The summed E-state index contributed by atoms with van der Waals surface area (Å²) in [4.78, 5) is 0. The lowest BCUT2D eigenvalue weighted by Gasteiger charge is -2.17. The van der Waals surface area contributed by atoms with Crippen LogP contribution in [0.2, 0.25) is 0 Å². The molecule has 0 bridgehead atoms. The molecule has 2 heterocycles. The average Bonchev–Trinajstić information content (AvgIpc) is 3.59. The monoisotopic (exact) mass is 593 g/mol. The van der Waals surface area contributed by atoms with E-state index in [1.807, 2.05) is 36.4 Å². The molecule has 0 saturated heterocycles. The van der Waals surface area contributed by atoms with Crippen LogP contribution in [0.15, 0.2) is 170 Å². The van der Waals surface area contributed by atoms with Gasteiger partial charge in [-0.1, -0.05) is 140 Å². The fourth-order valence-corrected chi connectivity index (χ4v) is 10.5. The highest BCUT2D eigenvalue weighted by molar-refractivity contribution is 7.86. The quantitative estimate of drug-likeness (QED) is 0.186. The van der Waals surface area contributed by atoms with Crippen LogP contribution in [0.25, 0.3) is 60.9 Å². The molecule has 1 aliphatic heterocycles. The lowest BCUT2D eigenvalue weighted by molar-refractivity contribution is 0.593. The van der Waals surface area contributed by atoms with E-state index in [4.69, 9.17) is 0 Å². The van der Waals surface area contributed by atoms with Crippen LogP contribution < -0.4 is 15.9 Å². The van der Waals surface area contributed by atoms with E-state index < -0.39 is 7.14 Å². The van der Waals surface area contributed by atoms with Crippen molar-refractivity contribution in [1.82, 2.24) is 4.57 Å². The summed E-state index contributed by atoms with van der Waals surface area (Å²) in [5.74, 6) is 0. The Morgan fingerprint density at radius 1 is 0.444 bits per heavy atom. The van der Waals surface area contributed by atoms with Crippen molar-refractivity contribution >= 4 is 44.9 Å². The Morgan fingerprint density at radius 3 is 1.71 bits per heavy atom. The van der Waals surface area contributed by atoms with E-state index in [-0.39, 0.29) is 0 Å². The SMILES string of the molecule is O=P1(c2ccccc2)c2ccccc2-c2ccc3c(c21)c1ccccc1n3-c1cc(-c2ccccc2)cc(-c2ccccc2)c1. The number of hydrogen-bond donors (Lipinski definition) is 0. The molecule has 1 atom stereocenters. The number of nitrogens with zero attached hydrogens (tertiary/aromatic N) is 1. The van der Waals surface area contributed by atoms with Crippen LogP contribution in [-0.4, -0.2) is 4.57 Å². The van der Waals surface area contributed by atoms with Crippen LogP contribution in [0.5, 0.6) is 0 Å². The van der Waals surface area contributed by atoms with E-state index >= 15 is 4.57 Å². The Morgan fingerprint density at radius 2 is 1.02 bits per heavy atom. The Bertz CT molecular complexity index is 2390. The van der Waals surface area contributed by atoms with Gasteiger partial charge in [0, 0.05) is 32.4 Å². The van der Waals surface area contributed by atoms with Crippen molar-refractivity contribution in [2.24, 2.45) is 0 Å². The molecule has 212 valence electrons. The molecule has 0 fully saturated rings. The van der Waals surface area contributed by atoms with Gasteiger partial charge in [-0.05, 0) is 63.7 Å². The van der Waals surface area contributed by atoms with Gasteiger partial charge in [0.1, 0.15) is 0 Å². The normalized spacial score (nSPS) is 15.3. The van der Waals surface area contributed by atoms with Gasteiger partial charge in [-0.3, -0.25) is 0 Å². The number of rotatable bonds is 4. The Balaban J connectivity index is 1.40. The first-order valence-electron chi connectivity index (χ1n) is 15.3. The summed E-state index contributed by atoms with van der Waals surface area (Å²) >= 11 is 0. The first kappa shape index (κ1) is 26.0. The number of para-hydroxylation sites is 1. The smallest absolute Gasteiger partial charge is 0.172 e. The van der Waals surface area contributed by atoms with Crippen LogP contribution in [0.3, 0.4) is 0 Å². The van der Waals surface area contributed by atoms with Crippen LogP contribution in [-0.2, 0) is 4.57 Å². The number of benzene rings is 7. The second kappa shape index (κ2) is 10.1. The number of fused-ring (bicyclic) bond motifs is 7. The molecular weight excluding hydrogens is 565 g/mol. The van der Waals surface area contributed by atoms with Crippen molar-refractivity contribution in [1.29, 1.82) is 0 Å². The standard InChI is InChI=1S/C42H28NOP/c44-45(34-18-8-3-9-19-34)40-23-13-11-20-35(40)36-24-25-39-41(42(36)45)37-21-10-12-22-38(37)43(39)33-27-31(29-14-4-1-5-15-29)26-32(28-33)30-16-6-2-7-17-30/h1-28H. The molecule has 1 aromatic heterocycles. The third-order valence-corrected chi connectivity index (χ3v) is 12.4. The van der Waals surface area contributed by atoms with Crippen LogP contribution in [0.1, 0.15) is 0 Å². The van der Waals surface area contributed by atoms with E-state index in [1.165, 1.54) is 11.1 Å². The Hall–Kier alpha value is -5.43. The van der Waals surface area contributed by atoms with Crippen molar-refractivity contribution in [2.75, 3.05) is 0 Å². The maximum Gasteiger partial charge on any atom is 0.172 e. The Labute approximate surface area is 262 Å². The molecule has 0 radical (unpaired) electrons. The second-order valence-corrected chi connectivity index (χ2v) is 14.3. The van der Waals surface area contributed by atoms with Crippen molar-refractivity contribution in [3.05, 3.63) is 170 Å². The molecule has 0 N–H and O–H groups in total. The summed E-state index contributed by atoms with van der Waals surface area (Å²) < 4.78 is 18.1. The molecule has 8 aromatic rings. The fraction of sp³-hybridized carbons (Fsp3) is 0. The molecule has 9 rings (SSSR count). The van der Waals surface area contributed by atoms with E-state index in [0.29, 0.717) is 0 Å². The highest BCUT2D eigenvalue weighted by atomic mass is 31.2. The zero-order valence-electron chi connectivity index (χ0n) is 24.5. The summed E-state index contributed by atoms with van der Waals surface area (Å²) in [5.41, 5.74) is 10.0. The van der Waals surface area contributed by atoms with Crippen LogP contribution in [0.4, 0.5) is 0 Å². The molecule has 1 aliphatic rings. The molecule has 2 nitrogen and oxygen atoms in total. The Kier molecular flexibility index (Phi) is 5.81. The van der Waals surface area contributed by atoms with Crippen molar-refractivity contribution < 1.29 is 4.57 Å². The number of hydrogen-bond acceptors (Lipinski definition) is 1. The van der Waals surface area contributed by atoms with Gasteiger partial charge in [-0.25, -0.2) is 0 Å². The summed E-state index contributed by atoms with van der Waals surface area (Å²) in [5, 5.41) is 4.92. The molecule has 1 unspecified atom stereocenters. The van der Waals surface area contributed by atoms with Gasteiger partial charge >= 0.3 is 0 Å². The average molecular weight is 594 g/mol. The van der Waals surface area contributed by atoms with Gasteiger partial charge in [-0.15, -0.1) is 0 Å². The lowest BCUT2D eigenvalue weighted by Crippen LogP contribution is -2.21. The molecule has 0 aliphatic carbocycles. The predicted octanol–water partition coefficient (Wildman–Crippen LogP) is 9.74. The van der Waals surface area contributed by atoms with Gasteiger partial charge in [-0.2, -0.15) is 0 Å². The maximum absolute atomic E-state index is 15.7. The highest BCUT2D eigenvalue weighted by Gasteiger charge is 2.42. The third kappa shape index (κ3) is 3.86. The fourth-order valence-electron chi connectivity index (χ4n) is 7.20. The van der Waals surface area contributed by atoms with Gasteiger partial charge in [0.05, 0.1) is 11.0 Å². The minimum atomic E-state index is -3.16. The molecule has 3 heteroatoms. The lowest BCUT2D eigenvalue weighted by atomic mass is 9.98. The maximum atomic E-state index is 15.7.